The number of alkyl carbamates (subject to hydrolysis) is 1. The number of ether oxygens (including phenoxy) is 1. The standard InChI is InChI=1S/C31H42N4O6/c1-18-9-7-10-19(2)26(18)34-28(38)27(21-13-15-24(36)20(3)17-21)35(22-11-8-12-22)29(39)23(14-16-25(32)37)33-30(40)41-31(4,5)6/h7,9-10,13,15,17,22-23,27,36H,8,11-12,14,16H2,1-6H3,(H2,32,37)(H,33,40)(H,34,38). The molecule has 2 aromatic carbocycles. The molecule has 0 aromatic heterocycles. The molecule has 0 radical (unpaired) electrons. The number of nitrogens with zero attached hydrogens (tertiary/aromatic N) is 1. The van der Waals surface area contributed by atoms with Crippen LogP contribution in [0.25, 0.3) is 0 Å². The predicted molar refractivity (Wildman–Crippen MR) is 156 cm³/mol. The Bertz CT molecular complexity index is 1280. The van der Waals surface area contributed by atoms with Crippen molar-refractivity contribution in [3.63, 3.8) is 0 Å². The van der Waals surface area contributed by atoms with E-state index in [1.807, 2.05) is 32.0 Å². The number of anilines is 1. The van der Waals surface area contributed by atoms with Crippen LogP contribution < -0.4 is 16.4 Å². The molecule has 10 nitrogen and oxygen atoms in total. The van der Waals surface area contributed by atoms with Gasteiger partial charge in [-0.25, -0.2) is 4.79 Å². The Kier molecular flexibility index (Phi) is 10.0. The molecule has 4 amide bonds. The van der Waals surface area contributed by atoms with Gasteiger partial charge in [-0.3, -0.25) is 14.4 Å². The van der Waals surface area contributed by atoms with Gasteiger partial charge in [0.15, 0.2) is 0 Å². The summed E-state index contributed by atoms with van der Waals surface area (Å²) in [6.07, 6.45) is 1.19. The van der Waals surface area contributed by atoms with Crippen LogP contribution in [-0.4, -0.2) is 51.5 Å². The van der Waals surface area contributed by atoms with Crippen molar-refractivity contribution in [3.05, 3.63) is 58.7 Å². The number of amides is 4. The van der Waals surface area contributed by atoms with Crippen molar-refractivity contribution in [1.29, 1.82) is 0 Å². The fourth-order valence-corrected chi connectivity index (χ4v) is 4.85. The van der Waals surface area contributed by atoms with E-state index in [1.165, 1.54) is 11.0 Å². The molecule has 1 fully saturated rings. The van der Waals surface area contributed by atoms with E-state index in [2.05, 4.69) is 10.6 Å². The molecule has 3 rings (SSSR count). The lowest BCUT2D eigenvalue weighted by atomic mass is 9.87. The Morgan fingerprint density at radius 2 is 1.68 bits per heavy atom. The Morgan fingerprint density at radius 3 is 2.20 bits per heavy atom. The van der Waals surface area contributed by atoms with Gasteiger partial charge in [-0.1, -0.05) is 24.3 Å². The van der Waals surface area contributed by atoms with E-state index >= 15 is 0 Å². The number of hydrogen-bond acceptors (Lipinski definition) is 6. The second-order valence-electron chi connectivity index (χ2n) is 11.7. The van der Waals surface area contributed by atoms with Crippen LogP contribution in [-0.2, 0) is 19.1 Å². The summed E-state index contributed by atoms with van der Waals surface area (Å²) in [6, 6.07) is 7.97. The summed E-state index contributed by atoms with van der Waals surface area (Å²) in [5, 5.41) is 15.8. The summed E-state index contributed by atoms with van der Waals surface area (Å²) in [5.74, 6) is -1.51. The second-order valence-corrected chi connectivity index (χ2v) is 11.7. The van der Waals surface area contributed by atoms with E-state index in [1.54, 1.807) is 39.8 Å². The summed E-state index contributed by atoms with van der Waals surface area (Å²) in [4.78, 5) is 54.4. The van der Waals surface area contributed by atoms with Crippen LogP contribution in [0.2, 0.25) is 0 Å². The minimum Gasteiger partial charge on any atom is -0.508 e. The number of benzene rings is 2. The van der Waals surface area contributed by atoms with Gasteiger partial charge >= 0.3 is 6.09 Å². The maximum atomic E-state index is 14.3. The zero-order chi connectivity index (χ0) is 30.5. The van der Waals surface area contributed by atoms with Crippen LogP contribution in [0.4, 0.5) is 10.5 Å². The third-order valence-electron chi connectivity index (χ3n) is 7.18. The number of phenolic OH excluding ortho intramolecular Hbond substituents is 1. The van der Waals surface area contributed by atoms with Crippen LogP contribution in [0.5, 0.6) is 5.75 Å². The van der Waals surface area contributed by atoms with Gasteiger partial charge in [0.05, 0.1) is 0 Å². The van der Waals surface area contributed by atoms with Crippen molar-refractivity contribution in [2.75, 3.05) is 5.32 Å². The van der Waals surface area contributed by atoms with Crippen molar-refractivity contribution in [3.8, 4) is 5.75 Å². The molecule has 1 aliphatic carbocycles. The monoisotopic (exact) mass is 566 g/mol. The third kappa shape index (κ3) is 8.22. The Labute approximate surface area is 241 Å². The van der Waals surface area contributed by atoms with E-state index in [-0.39, 0.29) is 24.6 Å². The van der Waals surface area contributed by atoms with Gasteiger partial charge in [-0.15, -0.1) is 0 Å². The first kappa shape index (κ1) is 31.4. The molecule has 0 aliphatic heterocycles. The lowest BCUT2D eigenvalue weighted by Crippen LogP contribution is -2.57. The number of nitrogens with two attached hydrogens (primary N) is 1. The van der Waals surface area contributed by atoms with Gasteiger partial charge < -0.3 is 31.1 Å². The number of nitrogens with one attached hydrogen (secondary N) is 2. The van der Waals surface area contributed by atoms with Gasteiger partial charge in [-0.05, 0) is 102 Å². The number of aromatic hydroxyl groups is 1. The smallest absolute Gasteiger partial charge is 0.408 e. The predicted octanol–water partition coefficient (Wildman–Crippen LogP) is 4.54. The van der Waals surface area contributed by atoms with E-state index in [0.29, 0.717) is 29.7 Å². The SMILES string of the molecule is Cc1cc(C(C(=O)Nc2c(C)cccc2C)N(C(=O)C(CCC(N)=O)NC(=O)OC(C)(C)C)C2CCC2)ccc1O. The topological polar surface area (TPSA) is 151 Å². The lowest BCUT2D eigenvalue weighted by Gasteiger charge is -2.43. The summed E-state index contributed by atoms with van der Waals surface area (Å²) in [7, 11) is 0. The second kappa shape index (κ2) is 13.1. The maximum absolute atomic E-state index is 14.3. The highest BCUT2D eigenvalue weighted by Gasteiger charge is 2.42. The molecule has 2 atom stereocenters. The molecule has 1 aliphatic rings. The van der Waals surface area contributed by atoms with Crippen LogP contribution in [0.1, 0.15) is 81.2 Å². The normalized spacial score (nSPS) is 14.8. The van der Waals surface area contributed by atoms with Crippen LogP contribution in [0.15, 0.2) is 36.4 Å². The number of carbonyl (C=O) groups is 4. The fourth-order valence-electron chi connectivity index (χ4n) is 4.85. The third-order valence-corrected chi connectivity index (χ3v) is 7.18. The van der Waals surface area contributed by atoms with Gasteiger partial charge in [0.1, 0.15) is 23.4 Å². The molecular formula is C31H42N4O6. The highest BCUT2D eigenvalue weighted by molar-refractivity contribution is 6.00. The molecule has 10 heteroatoms. The number of primary amides is 1. The summed E-state index contributed by atoms with van der Waals surface area (Å²) in [6.45, 7) is 10.6. The number of rotatable bonds is 10. The minimum absolute atomic E-state index is 0.0591. The van der Waals surface area contributed by atoms with Gasteiger partial charge in [-0.2, -0.15) is 0 Å². The Balaban J connectivity index is 2.08. The van der Waals surface area contributed by atoms with Crippen LogP contribution >= 0.6 is 0 Å². The summed E-state index contributed by atoms with van der Waals surface area (Å²) < 4.78 is 5.39. The molecule has 2 aromatic rings. The maximum Gasteiger partial charge on any atom is 0.408 e. The first-order chi connectivity index (χ1) is 19.2. The van der Waals surface area contributed by atoms with Gasteiger partial charge in [0, 0.05) is 18.2 Å². The average Bonchev–Trinajstić information content (AvgIpc) is 2.83. The Hall–Kier alpha value is -4.08. The van der Waals surface area contributed by atoms with E-state index in [9.17, 15) is 24.3 Å². The Morgan fingerprint density at radius 1 is 1.05 bits per heavy atom. The zero-order valence-electron chi connectivity index (χ0n) is 24.7. The molecule has 5 N–H and O–H groups in total. The lowest BCUT2D eigenvalue weighted by molar-refractivity contribution is -0.146. The highest BCUT2D eigenvalue weighted by atomic mass is 16.6. The van der Waals surface area contributed by atoms with E-state index < -0.39 is 41.5 Å². The molecular weight excluding hydrogens is 524 g/mol. The van der Waals surface area contributed by atoms with E-state index in [0.717, 1.165) is 17.5 Å². The van der Waals surface area contributed by atoms with E-state index in [4.69, 9.17) is 10.5 Å². The molecule has 41 heavy (non-hydrogen) atoms. The van der Waals surface area contributed by atoms with Crippen molar-refractivity contribution in [2.45, 2.75) is 97.4 Å². The van der Waals surface area contributed by atoms with Crippen molar-refractivity contribution >= 4 is 29.5 Å². The van der Waals surface area contributed by atoms with Crippen molar-refractivity contribution in [1.82, 2.24) is 10.2 Å². The summed E-state index contributed by atoms with van der Waals surface area (Å²) >= 11 is 0. The molecule has 0 saturated heterocycles. The number of hydrogen-bond donors (Lipinski definition) is 4. The first-order valence-corrected chi connectivity index (χ1v) is 13.9. The number of para-hydroxylation sites is 1. The molecule has 0 spiro atoms. The number of carbonyl (C=O) groups excluding carboxylic acids is 4. The zero-order valence-corrected chi connectivity index (χ0v) is 24.7. The molecule has 0 heterocycles. The van der Waals surface area contributed by atoms with Crippen LogP contribution in [0, 0.1) is 20.8 Å². The largest absolute Gasteiger partial charge is 0.508 e. The molecule has 222 valence electrons. The number of phenols is 1. The van der Waals surface area contributed by atoms with Crippen molar-refractivity contribution < 1.29 is 29.0 Å². The number of aryl methyl sites for hydroxylation is 3. The average molecular weight is 567 g/mol. The molecule has 0 bridgehead atoms. The van der Waals surface area contributed by atoms with Gasteiger partial charge in [0.25, 0.3) is 5.91 Å². The van der Waals surface area contributed by atoms with Gasteiger partial charge in [0.2, 0.25) is 11.8 Å². The fraction of sp³-hybridized carbons (Fsp3) is 0.484. The molecule has 1 saturated carbocycles. The molecule has 2 unspecified atom stereocenters. The summed E-state index contributed by atoms with van der Waals surface area (Å²) in [5.41, 5.74) is 8.02. The van der Waals surface area contributed by atoms with Crippen molar-refractivity contribution in [2.24, 2.45) is 5.73 Å². The quantitative estimate of drug-likeness (QED) is 0.332. The highest BCUT2D eigenvalue weighted by Crippen LogP contribution is 2.36. The minimum atomic E-state index is -1.16. The van der Waals surface area contributed by atoms with Crippen LogP contribution in [0.3, 0.4) is 0 Å². The first-order valence-electron chi connectivity index (χ1n) is 13.9.